The average Bonchev–Trinajstić information content (AvgIpc) is 2.82. The minimum Gasteiger partial charge on any atom is -0.382 e. The number of hydrogen-bond donors (Lipinski definition) is 1. The molecule has 2 aromatic heterocycles. The van der Waals surface area contributed by atoms with Gasteiger partial charge in [-0.3, -0.25) is 0 Å². The number of hydrogen-bond acceptors (Lipinski definition) is 4. The van der Waals surface area contributed by atoms with Crippen molar-refractivity contribution in [1.29, 1.82) is 0 Å². The van der Waals surface area contributed by atoms with Crippen molar-refractivity contribution in [2.45, 2.75) is 0 Å². The number of fused-ring (bicyclic) bond motifs is 1. The number of thiophene rings is 1. The molecule has 3 aromatic rings. The highest BCUT2D eigenvalue weighted by Crippen LogP contribution is 2.28. The van der Waals surface area contributed by atoms with Gasteiger partial charge in [-0.1, -0.05) is 42.5 Å². The third-order valence-corrected chi connectivity index (χ3v) is 3.67. The fourth-order valence-electron chi connectivity index (χ4n) is 1.76. The van der Waals surface area contributed by atoms with Crippen molar-refractivity contribution in [2.75, 3.05) is 5.73 Å². The third-order valence-electron chi connectivity index (χ3n) is 2.66. The second-order valence-corrected chi connectivity index (χ2v) is 4.75. The number of nitrogens with two attached hydrogens (primary N) is 1. The van der Waals surface area contributed by atoms with Gasteiger partial charge < -0.3 is 5.73 Å². The molecule has 3 nitrogen and oxygen atoms in total. The molecule has 0 atom stereocenters. The van der Waals surface area contributed by atoms with Crippen molar-refractivity contribution in [2.24, 2.45) is 0 Å². The van der Waals surface area contributed by atoms with E-state index in [2.05, 4.69) is 39.6 Å². The summed E-state index contributed by atoms with van der Waals surface area (Å²) in [4.78, 5) is 8.27. The van der Waals surface area contributed by atoms with Gasteiger partial charge in [-0.15, -0.1) is 11.3 Å². The van der Waals surface area contributed by atoms with Gasteiger partial charge in [-0.25, -0.2) is 9.97 Å². The first-order chi connectivity index (χ1) is 8.84. The highest BCUT2D eigenvalue weighted by atomic mass is 32.1. The topological polar surface area (TPSA) is 51.8 Å². The van der Waals surface area contributed by atoms with Gasteiger partial charge in [0.25, 0.3) is 0 Å². The lowest BCUT2D eigenvalue weighted by Gasteiger charge is -1.94. The molecule has 2 N–H and O–H groups in total. The van der Waals surface area contributed by atoms with E-state index in [0.717, 1.165) is 15.8 Å². The van der Waals surface area contributed by atoms with E-state index in [1.807, 2.05) is 18.2 Å². The first-order valence-electron chi connectivity index (χ1n) is 5.55. The van der Waals surface area contributed by atoms with Gasteiger partial charge in [-0.05, 0) is 5.56 Å². The molecule has 0 spiro atoms. The molecule has 2 heterocycles. The normalized spacial score (nSPS) is 11.3. The maximum atomic E-state index is 5.81. The molecule has 0 unspecified atom stereocenters. The van der Waals surface area contributed by atoms with Crippen LogP contribution in [0.1, 0.15) is 11.1 Å². The standard InChI is InChI=1S/C14H11N3S/c15-14-13-12(16-9-17-14)11(8-18-13)7-6-10-4-2-1-3-5-10/h1-9H,(H2,15,16,17). The summed E-state index contributed by atoms with van der Waals surface area (Å²) in [7, 11) is 0. The number of benzene rings is 1. The van der Waals surface area contributed by atoms with Gasteiger partial charge in [0, 0.05) is 10.9 Å². The minimum atomic E-state index is 0.546. The average molecular weight is 253 g/mol. The van der Waals surface area contributed by atoms with Gasteiger partial charge >= 0.3 is 0 Å². The largest absolute Gasteiger partial charge is 0.382 e. The fourth-order valence-corrected chi connectivity index (χ4v) is 2.65. The lowest BCUT2D eigenvalue weighted by Crippen LogP contribution is -1.90. The first kappa shape index (κ1) is 10.9. The molecule has 0 aliphatic heterocycles. The Hall–Kier alpha value is -2.20. The van der Waals surface area contributed by atoms with E-state index in [1.165, 1.54) is 11.9 Å². The maximum absolute atomic E-state index is 5.81. The molecule has 18 heavy (non-hydrogen) atoms. The summed E-state index contributed by atoms with van der Waals surface area (Å²) in [5.41, 5.74) is 8.97. The molecular weight excluding hydrogens is 242 g/mol. The predicted molar refractivity (Wildman–Crippen MR) is 77.2 cm³/mol. The smallest absolute Gasteiger partial charge is 0.144 e. The zero-order chi connectivity index (χ0) is 12.4. The number of anilines is 1. The predicted octanol–water partition coefficient (Wildman–Crippen LogP) is 3.44. The quantitative estimate of drug-likeness (QED) is 0.761. The molecule has 0 fully saturated rings. The maximum Gasteiger partial charge on any atom is 0.144 e. The Labute approximate surface area is 109 Å². The summed E-state index contributed by atoms with van der Waals surface area (Å²) < 4.78 is 0.949. The van der Waals surface area contributed by atoms with Crippen molar-refractivity contribution < 1.29 is 0 Å². The molecule has 0 aliphatic carbocycles. The van der Waals surface area contributed by atoms with Crippen molar-refractivity contribution in [3.8, 4) is 0 Å². The number of nitrogens with zero attached hydrogens (tertiary/aromatic N) is 2. The van der Waals surface area contributed by atoms with Crippen LogP contribution in [0.5, 0.6) is 0 Å². The summed E-state index contributed by atoms with van der Waals surface area (Å²) in [6.07, 6.45) is 5.63. The second-order valence-electron chi connectivity index (χ2n) is 3.87. The zero-order valence-electron chi connectivity index (χ0n) is 9.58. The Morgan fingerprint density at radius 2 is 1.89 bits per heavy atom. The van der Waals surface area contributed by atoms with Crippen molar-refractivity contribution in [3.05, 3.63) is 53.2 Å². The summed E-state index contributed by atoms with van der Waals surface area (Å²) in [6.45, 7) is 0. The SMILES string of the molecule is Nc1ncnc2c(C=Cc3ccccc3)csc12. The van der Waals surface area contributed by atoms with Crippen molar-refractivity contribution in [1.82, 2.24) is 9.97 Å². The van der Waals surface area contributed by atoms with Crippen LogP contribution in [0.15, 0.2) is 42.0 Å². The van der Waals surface area contributed by atoms with E-state index in [4.69, 9.17) is 5.73 Å². The number of rotatable bonds is 2. The fraction of sp³-hybridized carbons (Fsp3) is 0. The first-order valence-corrected chi connectivity index (χ1v) is 6.43. The molecule has 0 saturated carbocycles. The van der Waals surface area contributed by atoms with Crippen LogP contribution in [-0.4, -0.2) is 9.97 Å². The highest BCUT2D eigenvalue weighted by Gasteiger charge is 2.05. The Balaban J connectivity index is 2.01. The lowest BCUT2D eigenvalue weighted by molar-refractivity contribution is 1.24. The van der Waals surface area contributed by atoms with Crippen LogP contribution in [0, 0.1) is 0 Å². The van der Waals surface area contributed by atoms with Gasteiger partial charge in [-0.2, -0.15) is 0 Å². The van der Waals surface area contributed by atoms with Crippen molar-refractivity contribution in [3.63, 3.8) is 0 Å². The van der Waals surface area contributed by atoms with E-state index < -0.39 is 0 Å². The Morgan fingerprint density at radius 3 is 2.72 bits per heavy atom. The van der Waals surface area contributed by atoms with Gasteiger partial charge in [0.05, 0.1) is 10.2 Å². The Bertz CT molecular complexity index is 701. The molecule has 1 aromatic carbocycles. The van der Waals surface area contributed by atoms with E-state index in [9.17, 15) is 0 Å². The van der Waals surface area contributed by atoms with Crippen molar-refractivity contribution >= 4 is 39.5 Å². The molecule has 0 bridgehead atoms. The summed E-state index contributed by atoms with van der Waals surface area (Å²) in [5, 5.41) is 2.05. The van der Waals surface area contributed by atoms with Crippen LogP contribution in [0.4, 0.5) is 5.82 Å². The van der Waals surface area contributed by atoms with E-state index in [-0.39, 0.29) is 0 Å². The molecule has 0 amide bonds. The number of aromatic nitrogens is 2. The van der Waals surface area contributed by atoms with Crippen LogP contribution >= 0.6 is 11.3 Å². The zero-order valence-corrected chi connectivity index (χ0v) is 10.4. The number of nitrogen functional groups attached to an aromatic ring is 1. The molecule has 4 heteroatoms. The molecular formula is C14H11N3S. The Morgan fingerprint density at radius 1 is 1.06 bits per heavy atom. The van der Waals surface area contributed by atoms with Crippen LogP contribution < -0.4 is 5.73 Å². The summed E-state index contributed by atoms with van der Waals surface area (Å²) in [6, 6.07) is 10.2. The van der Waals surface area contributed by atoms with E-state index in [0.29, 0.717) is 5.82 Å². The van der Waals surface area contributed by atoms with E-state index in [1.54, 1.807) is 11.3 Å². The van der Waals surface area contributed by atoms with Gasteiger partial charge in [0.2, 0.25) is 0 Å². The monoisotopic (exact) mass is 253 g/mol. The molecule has 0 aliphatic rings. The van der Waals surface area contributed by atoms with Crippen LogP contribution in [0.3, 0.4) is 0 Å². The highest BCUT2D eigenvalue weighted by molar-refractivity contribution is 7.18. The van der Waals surface area contributed by atoms with Crippen LogP contribution in [0.2, 0.25) is 0 Å². The molecule has 0 saturated heterocycles. The van der Waals surface area contributed by atoms with Gasteiger partial charge in [0.15, 0.2) is 0 Å². The van der Waals surface area contributed by atoms with Gasteiger partial charge in [0.1, 0.15) is 12.1 Å². The molecule has 0 radical (unpaired) electrons. The van der Waals surface area contributed by atoms with E-state index >= 15 is 0 Å². The summed E-state index contributed by atoms with van der Waals surface area (Å²) in [5.74, 6) is 0.546. The second kappa shape index (κ2) is 4.58. The molecule has 3 rings (SSSR count). The third kappa shape index (κ3) is 1.98. The lowest BCUT2D eigenvalue weighted by atomic mass is 10.2. The minimum absolute atomic E-state index is 0.546. The Kier molecular flexibility index (Phi) is 2.78. The van der Waals surface area contributed by atoms with Crippen LogP contribution in [0.25, 0.3) is 22.4 Å². The van der Waals surface area contributed by atoms with Crippen LogP contribution in [-0.2, 0) is 0 Å². The molecule has 88 valence electrons. The summed E-state index contributed by atoms with van der Waals surface area (Å²) >= 11 is 1.57.